The highest BCUT2D eigenvalue weighted by atomic mass is 19.1. The SMILES string of the molecule is COC(=O)C1=C(C)N(C2CCCCC2)C(=O)C1=Cc1ccccc1F. The molecule has 0 atom stereocenters. The van der Waals surface area contributed by atoms with Crippen LogP contribution < -0.4 is 0 Å². The first-order valence-corrected chi connectivity index (χ1v) is 8.64. The summed E-state index contributed by atoms with van der Waals surface area (Å²) in [6, 6.07) is 6.29. The molecule has 1 aliphatic heterocycles. The summed E-state index contributed by atoms with van der Waals surface area (Å²) in [5, 5.41) is 0. The van der Waals surface area contributed by atoms with Crippen molar-refractivity contribution < 1.29 is 18.7 Å². The van der Waals surface area contributed by atoms with Gasteiger partial charge in [0.25, 0.3) is 5.91 Å². The van der Waals surface area contributed by atoms with Crippen LogP contribution in [0.3, 0.4) is 0 Å². The van der Waals surface area contributed by atoms with Gasteiger partial charge in [0.2, 0.25) is 0 Å². The van der Waals surface area contributed by atoms with E-state index in [1.54, 1.807) is 30.0 Å². The van der Waals surface area contributed by atoms with Gasteiger partial charge in [-0.25, -0.2) is 9.18 Å². The van der Waals surface area contributed by atoms with Crippen molar-refractivity contribution in [2.45, 2.75) is 45.1 Å². The third kappa shape index (κ3) is 3.23. The molecule has 0 N–H and O–H groups in total. The van der Waals surface area contributed by atoms with E-state index in [-0.39, 0.29) is 28.7 Å². The average molecular weight is 343 g/mol. The predicted molar refractivity (Wildman–Crippen MR) is 92.8 cm³/mol. The van der Waals surface area contributed by atoms with Gasteiger partial charge < -0.3 is 9.64 Å². The largest absolute Gasteiger partial charge is 0.465 e. The summed E-state index contributed by atoms with van der Waals surface area (Å²) < 4.78 is 18.9. The molecule has 0 spiro atoms. The van der Waals surface area contributed by atoms with Crippen molar-refractivity contribution in [2.75, 3.05) is 7.11 Å². The summed E-state index contributed by atoms with van der Waals surface area (Å²) in [6.07, 6.45) is 6.61. The van der Waals surface area contributed by atoms with Crippen LogP contribution in [-0.4, -0.2) is 29.9 Å². The number of nitrogens with zero attached hydrogens (tertiary/aromatic N) is 1. The fraction of sp³-hybridized carbons (Fsp3) is 0.400. The third-order valence-electron chi connectivity index (χ3n) is 4.98. The molecule has 5 heteroatoms. The quantitative estimate of drug-likeness (QED) is 0.619. The zero-order valence-corrected chi connectivity index (χ0v) is 14.5. The van der Waals surface area contributed by atoms with Crippen LogP contribution in [0.2, 0.25) is 0 Å². The van der Waals surface area contributed by atoms with Gasteiger partial charge in [-0.05, 0) is 31.9 Å². The number of methoxy groups -OCH3 is 1. The molecule has 0 aromatic heterocycles. The normalized spacial score (nSPS) is 20.5. The molecule has 2 aliphatic rings. The first-order chi connectivity index (χ1) is 12.0. The van der Waals surface area contributed by atoms with Crippen LogP contribution in [0.15, 0.2) is 41.1 Å². The molecule has 0 bridgehead atoms. The van der Waals surface area contributed by atoms with Gasteiger partial charge in [0.1, 0.15) is 5.82 Å². The number of hydrogen-bond donors (Lipinski definition) is 0. The van der Waals surface area contributed by atoms with E-state index in [4.69, 9.17) is 4.74 Å². The number of ether oxygens (including phenoxy) is 1. The Balaban J connectivity index is 2.06. The lowest BCUT2D eigenvalue weighted by atomic mass is 9.94. The highest BCUT2D eigenvalue weighted by Crippen LogP contribution is 2.36. The van der Waals surface area contributed by atoms with E-state index in [9.17, 15) is 14.0 Å². The van der Waals surface area contributed by atoms with Crippen molar-refractivity contribution in [3.63, 3.8) is 0 Å². The lowest BCUT2D eigenvalue weighted by Crippen LogP contribution is -2.37. The molecular weight excluding hydrogens is 321 g/mol. The van der Waals surface area contributed by atoms with E-state index in [1.807, 2.05) is 0 Å². The Morgan fingerprint density at radius 1 is 1.24 bits per heavy atom. The maximum atomic E-state index is 14.0. The van der Waals surface area contributed by atoms with Gasteiger partial charge in [-0.15, -0.1) is 0 Å². The molecular formula is C20H22FNO3. The summed E-state index contributed by atoms with van der Waals surface area (Å²) in [4.78, 5) is 27.0. The van der Waals surface area contributed by atoms with Crippen LogP contribution in [0.5, 0.6) is 0 Å². The first-order valence-electron chi connectivity index (χ1n) is 8.64. The molecule has 132 valence electrons. The lowest BCUT2D eigenvalue weighted by Gasteiger charge is -2.32. The van der Waals surface area contributed by atoms with Crippen molar-refractivity contribution in [1.29, 1.82) is 0 Å². The van der Waals surface area contributed by atoms with Gasteiger partial charge in [0.15, 0.2) is 0 Å². The van der Waals surface area contributed by atoms with Gasteiger partial charge >= 0.3 is 5.97 Å². The van der Waals surface area contributed by atoms with Gasteiger partial charge in [0, 0.05) is 17.3 Å². The Morgan fingerprint density at radius 2 is 1.92 bits per heavy atom. The molecule has 1 aromatic rings. The van der Waals surface area contributed by atoms with Crippen molar-refractivity contribution in [3.05, 3.63) is 52.5 Å². The molecule has 1 fully saturated rings. The number of esters is 1. The third-order valence-corrected chi connectivity index (χ3v) is 4.98. The smallest absolute Gasteiger partial charge is 0.340 e. The van der Waals surface area contributed by atoms with Crippen LogP contribution in [0.25, 0.3) is 6.08 Å². The van der Waals surface area contributed by atoms with Crippen LogP contribution in [0.4, 0.5) is 4.39 Å². The highest BCUT2D eigenvalue weighted by Gasteiger charge is 2.40. The summed E-state index contributed by atoms with van der Waals surface area (Å²) in [5.74, 6) is -1.24. The zero-order chi connectivity index (χ0) is 18.0. The minimum Gasteiger partial charge on any atom is -0.465 e. The van der Waals surface area contributed by atoms with Crippen molar-refractivity contribution in [2.24, 2.45) is 0 Å². The number of rotatable bonds is 3. The van der Waals surface area contributed by atoms with Crippen LogP contribution in [0, 0.1) is 5.82 Å². The van der Waals surface area contributed by atoms with E-state index >= 15 is 0 Å². The molecule has 1 amide bonds. The molecule has 25 heavy (non-hydrogen) atoms. The van der Waals surface area contributed by atoms with Crippen LogP contribution in [-0.2, 0) is 14.3 Å². The van der Waals surface area contributed by atoms with E-state index in [0.29, 0.717) is 5.70 Å². The number of amides is 1. The average Bonchev–Trinajstić information content (AvgIpc) is 2.87. The fourth-order valence-corrected chi connectivity index (χ4v) is 3.72. The second kappa shape index (κ2) is 7.21. The van der Waals surface area contributed by atoms with Gasteiger partial charge in [-0.3, -0.25) is 4.79 Å². The summed E-state index contributed by atoms with van der Waals surface area (Å²) in [6.45, 7) is 1.76. The van der Waals surface area contributed by atoms with Gasteiger partial charge in [-0.2, -0.15) is 0 Å². The van der Waals surface area contributed by atoms with Crippen molar-refractivity contribution in [3.8, 4) is 0 Å². The zero-order valence-electron chi connectivity index (χ0n) is 14.5. The molecule has 0 unspecified atom stereocenters. The van der Waals surface area contributed by atoms with Crippen LogP contribution in [0.1, 0.15) is 44.6 Å². The predicted octanol–water partition coefficient (Wildman–Crippen LogP) is 3.83. The van der Waals surface area contributed by atoms with E-state index in [2.05, 4.69) is 0 Å². The second-order valence-electron chi connectivity index (χ2n) is 6.50. The van der Waals surface area contributed by atoms with Crippen LogP contribution >= 0.6 is 0 Å². The van der Waals surface area contributed by atoms with E-state index in [1.165, 1.54) is 25.7 Å². The fourth-order valence-electron chi connectivity index (χ4n) is 3.72. The molecule has 3 rings (SSSR count). The Hall–Kier alpha value is -2.43. The standard InChI is InChI=1S/C20H22FNO3/c1-13-18(20(24)25-2)16(12-14-8-6-7-11-17(14)21)19(23)22(13)15-9-4-3-5-10-15/h6-8,11-12,15H,3-5,9-10H2,1-2H3. The number of carbonyl (C=O) groups excluding carboxylic acids is 2. The number of halogens is 1. The number of hydrogen-bond acceptors (Lipinski definition) is 3. The maximum Gasteiger partial charge on any atom is 0.340 e. The Morgan fingerprint density at radius 3 is 2.56 bits per heavy atom. The molecule has 0 saturated heterocycles. The lowest BCUT2D eigenvalue weighted by molar-refractivity contribution is -0.136. The topological polar surface area (TPSA) is 46.6 Å². The summed E-state index contributed by atoms with van der Waals surface area (Å²) in [7, 11) is 1.29. The minimum atomic E-state index is -0.563. The highest BCUT2D eigenvalue weighted by molar-refractivity contribution is 6.16. The molecule has 1 saturated carbocycles. The second-order valence-corrected chi connectivity index (χ2v) is 6.50. The number of allylic oxidation sites excluding steroid dienone is 1. The molecule has 1 aromatic carbocycles. The van der Waals surface area contributed by atoms with E-state index < -0.39 is 11.8 Å². The summed E-state index contributed by atoms with van der Waals surface area (Å²) >= 11 is 0. The first kappa shape index (κ1) is 17.4. The van der Waals surface area contributed by atoms with Gasteiger partial charge in [0.05, 0.1) is 18.3 Å². The Kier molecular flexibility index (Phi) is 5.02. The number of benzene rings is 1. The molecule has 1 heterocycles. The minimum absolute atomic E-state index is 0.0902. The van der Waals surface area contributed by atoms with Crippen molar-refractivity contribution >= 4 is 18.0 Å². The molecule has 0 radical (unpaired) electrons. The Bertz CT molecular complexity index is 760. The van der Waals surface area contributed by atoms with Crippen molar-refractivity contribution in [1.82, 2.24) is 4.90 Å². The number of carbonyl (C=O) groups is 2. The maximum absolute atomic E-state index is 14.0. The summed E-state index contributed by atoms with van der Waals surface area (Å²) in [5.41, 5.74) is 1.33. The molecule has 4 nitrogen and oxygen atoms in total. The van der Waals surface area contributed by atoms with Gasteiger partial charge in [-0.1, -0.05) is 37.5 Å². The Labute approximate surface area is 147 Å². The van der Waals surface area contributed by atoms with E-state index in [0.717, 1.165) is 25.7 Å². The monoisotopic (exact) mass is 343 g/mol. The molecule has 1 aliphatic carbocycles.